The fourth-order valence-corrected chi connectivity index (χ4v) is 3.62. The summed E-state index contributed by atoms with van der Waals surface area (Å²) >= 11 is 3.74. The molecule has 1 saturated carbocycles. The summed E-state index contributed by atoms with van der Waals surface area (Å²) in [5, 5.41) is 4.55. The third-order valence-corrected chi connectivity index (χ3v) is 5.74. The molecule has 0 aliphatic heterocycles. The van der Waals surface area contributed by atoms with Crippen LogP contribution in [0.5, 0.6) is 0 Å². The molecule has 2 aromatic rings. The number of hydrogen-bond acceptors (Lipinski definition) is 4. The lowest BCUT2D eigenvalue weighted by Gasteiger charge is -2.11. The number of anilines is 1. The first-order valence-corrected chi connectivity index (χ1v) is 7.91. The standard InChI is InChI=1S/C13H16N2S2/c1-9-3-4-10-11(7-9)17-12(15-10)14-8-13(16-2)5-6-13/h3-4,7H,5-6,8H2,1-2H3,(H,14,15). The van der Waals surface area contributed by atoms with E-state index in [4.69, 9.17) is 0 Å². The topological polar surface area (TPSA) is 24.9 Å². The van der Waals surface area contributed by atoms with Crippen molar-refractivity contribution in [1.82, 2.24) is 4.98 Å². The fourth-order valence-electron chi connectivity index (χ4n) is 1.94. The lowest BCUT2D eigenvalue weighted by molar-refractivity contribution is 0.947. The molecular formula is C13H16N2S2. The van der Waals surface area contributed by atoms with Crippen LogP contribution >= 0.6 is 23.1 Å². The number of thiazole rings is 1. The summed E-state index contributed by atoms with van der Waals surface area (Å²) < 4.78 is 1.77. The van der Waals surface area contributed by atoms with Crippen molar-refractivity contribution in [2.24, 2.45) is 0 Å². The zero-order chi connectivity index (χ0) is 11.9. The molecule has 1 aliphatic rings. The predicted molar refractivity (Wildman–Crippen MR) is 78.3 cm³/mol. The van der Waals surface area contributed by atoms with Gasteiger partial charge in [-0.1, -0.05) is 17.4 Å². The summed E-state index contributed by atoms with van der Waals surface area (Å²) in [6.45, 7) is 3.17. The van der Waals surface area contributed by atoms with Crippen molar-refractivity contribution in [2.75, 3.05) is 18.1 Å². The van der Waals surface area contributed by atoms with Crippen LogP contribution in [0.4, 0.5) is 5.13 Å². The van der Waals surface area contributed by atoms with Gasteiger partial charge in [0.1, 0.15) is 0 Å². The lowest BCUT2D eigenvalue weighted by Crippen LogP contribution is -2.17. The first kappa shape index (κ1) is 11.4. The quantitative estimate of drug-likeness (QED) is 0.906. The molecule has 0 unspecified atom stereocenters. The van der Waals surface area contributed by atoms with E-state index in [0.29, 0.717) is 4.75 Å². The van der Waals surface area contributed by atoms with Crippen LogP contribution in [-0.4, -0.2) is 22.5 Å². The van der Waals surface area contributed by atoms with Crippen LogP contribution in [-0.2, 0) is 0 Å². The van der Waals surface area contributed by atoms with Crippen molar-refractivity contribution in [3.8, 4) is 0 Å². The van der Waals surface area contributed by atoms with Crippen LogP contribution in [0.25, 0.3) is 10.2 Å². The average Bonchev–Trinajstić information content (AvgIpc) is 3.00. The van der Waals surface area contributed by atoms with Crippen LogP contribution < -0.4 is 5.32 Å². The van der Waals surface area contributed by atoms with Crippen LogP contribution in [0.1, 0.15) is 18.4 Å². The summed E-state index contributed by atoms with van der Waals surface area (Å²) in [7, 11) is 0. The number of rotatable bonds is 4. The maximum Gasteiger partial charge on any atom is 0.183 e. The Balaban J connectivity index is 1.77. The summed E-state index contributed by atoms with van der Waals surface area (Å²) in [6.07, 6.45) is 4.88. The van der Waals surface area contributed by atoms with E-state index in [1.807, 2.05) is 11.8 Å². The van der Waals surface area contributed by atoms with Gasteiger partial charge in [0, 0.05) is 11.3 Å². The molecular weight excluding hydrogens is 248 g/mol. The van der Waals surface area contributed by atoms with Crippen molar-refractivity contribution in [1.29, 1.82) is 0 Å². The molecule has 0 saturated heterocycles. The van der Waals surface area contributed by atoms with Gasteiger partial charge in [0.15, 0.2) is 5.13 Å². The molecule has 17 heavy (non-hydrogen) atoms. The van der Waals surface area contributed by atoms with E-state index < -0.39 is 0 Å². The molecule has 1 N–H and O–H groups in total. The minimum absolute atomic E-state index is 0.494. The van der Waals surface area contributed by atoms with Gasteiger partial charge in [-0.15, -0.1) is 0 Å². The summed E-state index contributed by atoms with van der Waals surface area (Å²) in [4.78, 5) is 4.62. The summed E-state index contributed by atoms with van der Waals surface area (Å²) in [5.41, 5.74) is 2.41. The average molecular weight is 264 g/mol. The SMILES string of the molecule is CSC1(CNc2nc3ccc(C)cc3s2)CC1. The Morgan fingerprint density at radius 1 is 1.47 bits per heavy atom. The number of benzene rings is 1. The number of aryl methyl sites for hydroxylation is 1. The molecule has 2 nitrogen and oxygen atoms in total. The van der Waals surface area contributed by atoms with Gasteiger partial charge in [0.25, 0.3) is 0 Å². The van der Waals surface area contributed by atoms with Crippen LogP contribution in [0.3, 0.4) is 0 Å². The zero-order valence-corrected chi connectivity index (χ0v) is 11.8. The van der Waals surface area contributed by atoms with E-state index in [-0.39, 0.29) is 0 Å². The highest BCUT2D eigenvalue weighted by molar-refractivity contribution is 8.00. The normalized spacial score (nSPS) is 17.3. The number of thioether (sulfide) groups is 1. The van der Waals surface area contributed by atoms with E-state index >= 15 is 0 Å². The summed E-state index contributed by atoms with van der Waals surface area (Å²) in [6, 6.07) is 6.43. The Morgan fingerprint density at radius 3 is 3.00 bits per heavy atom. The molecule has 0 spiro atoms. The zero-order valence-electron chi connectivity index (χ0n) is 10.1. The first-order chi connectivity index (χ1) is 8.21. The molecule has 4 heteroatoms. The van der Waals surface area contributed by atoms with Crippen LogP contribution in [0.15, 0.2) is 18.2 Å². The van der Waals surface area contributed by atoms with Gasteiger partial charge in [-0.2, -0.15) is 11.8 Å². The minimum Gasteiger partial charge on any atom is -0.360 e. The fraction of sp³-hybridized carbons (Fsp3) is 0.462. The molecule has 1 aromatic heterocycles. The largest absolute Gasteiger partial charge is 0.360 e. The number of aromatic nitrogens is 1. The monoisotopic (exact) mass is 264 g/mol. The van der Waals surface area contributed by atoms with Crippen LogP contribution in [0, 0.1) is 6.92 Å². The smallest absolute Gasteiger partial charge is 0.183 e. The number of nitrogens with one attached hydrogen (secondary N) is 1. The Labute approximate surface area is 110 Å². The van der Waals surface area contributed by atoms with E-state index in [9.17, 15) is 0 Å². The predicted octanol–water partition coefficient (Wildman–Crippen LogP) is 3.91. The van der Waals surface area contributed by atoms with Crippen LogP contribution in [0.2, 0.25) is 0 Å². The Morgan fingerprint density at radius 2 is 2.29 bits per heavy atom. The Bertz CT molecular complexity index is 543. The molecule has 1 fully saturated rings. The van der Waals surface area contributed by atoms with Crippen molar-refractivity contribution in [2.45, 2.75) is 24.5 Å². The maximum absolute atomic E-state index is 4.62. The lowest BCUT2D eigenvalue weighted by atomic mass is 10.2. The Kier molecular flexibility index (Phi) is 2.79. The number of hydrogen-bond donors (Lipinski definition) is 1. The first-order valence-electron chi connectivity index (χ1n) is 5.87. The molecule has 0 amide bonds. The summed E-state index contributed by atoms with van der Waals surface area (Å²) in [5.74, 6) is 0. The van der Waals surface area contributed by atoms with E-state index in [1.165, 1.54) is 23.1 Å². The van der Waals surface area contributed by atoms with Gasteiger partial charge >= 0.3 is 0 Å². The number of fused-ring (bicyclic) bond motifs is 1. The van der Waals surface area contributed by atoms with Crippen molar-refractivity contribution in [3.63, 3.8) is 0 Å². The minimum atomic E-state index is 0.494. The number of nitrogens with zero attached hydrogens (tertiary/aromatic N) is 1. The van der Waals surface area contributed by atoms with E-state index in [2.05, 4.69) is 41.7 Å². The molecule has 1 aliphatic carbocycles. The van der Waals surface area contributed by atoms with Gasteiger partial charge in [-0.25, -0.2) is 4.98 Å². The molecule has 3 rings (SSSR count). The van der Waals surface area contributed by atoms with Crippen molar-refractivity contribution >= 4 is 38.4 Å². The second-order valence-corrected chi connectivity index (χ2v) is 7.04. The van der Waals surface area contributed by atoms with E-state index in [1.54, 1.807) is 11.3 Å². The van der Waals surface area contributed by atoms with Gasteiger partial charge in [-0.3, -0.25) is 0 Å². The molecule has 90 valence electrons. The Hall–Kier alpha value is -0.740. The van der Waals surface area contributed by atoms with Crippen molar-refractivity contribution in [3.05, 3.63) is 23.8 Å². The molecule has 0 bridgehead atoms. The second kappa shape index (κ2) is 4.18. The highest BCUT2D eigenvalue weighted by atomic mass is 32.2. The highest BCUT2D eigenvalue weighted by Gasteiger charge is 2.41. The maximum atomic E-state index is 4.62. The second-order valence-electron chi connectivity index (χ2n) is 4.73. The third kappa shape index (κ3) is 2.29. The molecule has 1 heterocycles. The van der Waals surface area contributed by atoms with E-state index in [0.717, 1.165) is 17.2 Å². The molecule has 0 atom stereocenters. The van der Waals surface area contributed by atoms with Gasteiger partial charge in [0.2, 0.25) is 0 Å². The third-order valence-electron chi connectivity index (χ3n) is 3.35. The van der Waals surface area contributed by atoms with Gasteiger partial charge in [0.05, 0.1) is 10.2 Å². The van der Waals surface area contributed by atoms with Gasteiger partial charge in [-0.05, 0) is 43.7 Å². The van der Waals surface area contributed by atoms with Crippen molar-refractivity contribution < 1.29 is 0 Å². The van der Waals surface area contributed by atoms with Gasteiger partial charge < -0.3 is 5.32 Å². The molecule has 0 radical (unpaired) electrons. The highest BCUT2D eigenvalue weighted by Crippen LogP contribution is 2.47. The molecule has 1 aromatic carbocycles.